The molecule has 1 N–H and O–H groups in total. The topological polar surface area (TPSA) is 28.4 Å². The van der Waals surface area contributed by atoms with Crippen molar-refractivity contribution in [3.05, 3.63) is 24.2 Å². The molecule has 3 nitrogen and oxygen atoms in total. The van der Waals surface area contributed by atoms with Crippen molar-refractivity contribution in [1.29, 1.82) is 0 Å². The molecule has 1 fully saturated rings. The molecule has 1 aromatic rings. The first-order chi connectivity index (χ1) is 8.81. The quantitative estimate of drug-likeness (QED) is 0.841. The molecular formula is C15H26N2O. The van der Waals surface area contributed by atoms with Crippen LogP contribution in [-0.2, 0) is 0 Å². The van der Waals surface area contributed by atoms with Crippen molar-refractivity contribution in [3.63, 3.8) is 0 Å². The molecule has 3 heteroatoms. The lowest BCUT2D eigenvalue weighted by atomic mass is 9.98. The predicted molar refractivity (Wildman–Crippen MR) is 74.6 cm³/mol. The van der Waals surface area contributed by atoms with Crippen molar-refractivity contribution in [1.82, 2.24) is 10.2 Å². The largest absolute Gasteiger partial charge is 0.468 e. The van der Waals surface area contributed by atoms with E-state index in [9.17, 15) is 0 Å². The maximum Gasteiger partial charge on any atom is 0.120 e. The fourth-order valence-electron chi connectivity index (χ4n) is 2.85. The molecule has 1 aliphatic rings. The maximum atomic E-state index is 5.55. The Kier molecular flexibility index (Phi) is 5.26. The molecule has 0 aromatic carbocycles. The molecule has 0 spiro atoms. The molecule has 2 atom stereocenters. The standard InChI is InChI=1S/C15H26N2O/c1-3-9-17(12-14-6-4-8-16-11-14)13(2)15-7-5-10-18-15/h5,7,10,13-14,16H,3-4,6,8-9,11-12H2,1-2H3. The van der Waals surface area contributed by atoms with Gasteiger partial charge < -0.3 is 9.73 Å². The van der Waals surface area contributed by atoms with E-state index in [-0.39, 0.29) is 0 Å². The molecule has 2 unspecified atom stereocenters. The van der Waals surface area contributed by atoms with Crippen molar-refractivity contribution >= 4 is 0 Å². The van der Waals surface area contributed by atoms with Crippen LogP contribution in [0.3, 0.4) is 0 Å². The Morgan fingerprint density at radius 3 is 3.06 bits per heavy atom. The number of nitrogens with zero attached hydrogens (tertiary/aromatic N) is 1. The van der Waals surface area contributed by atoms with Gasteiger partial charge in [-0.3, -0.25) is 4.90 Å². The van der Waals surface area contributed by atoms with Gasteiger partial charge in [0.2, 0.25) is 0 Å². The fourth-order valence-corrected chi connectivity index (χ4v) is 2.85. The summed E-state index contributed by atoms with van der Waals surface area (Å²) in [7, 11) is 0. The lowest BCUT2D eigenvalue weighted by molar-refractivity contribution is 0.148. The summed E-state index contributed by atoms with van der Waals surface area (Å²) in [6.07, 6.45) is 5.65. The molecule has 0 radical (unpaired) electrons. The Morgan fingerprint density at radius 1 is 1.56 bits per heavy atom. The van der Waals surface area contributed by atoms with E-state index < -0.39 is 0 Å². The molecule has 0 aliphatic carbocycles. The van der Waals surface area contributed by atoms with Crippen molar-refractivity contribution in [3.8, 4) is 0 Å². The van der Waals surface area contributed by atoms with Gasteiger partial charge in [-0.15, -0.1) is 0 Å². The molecule has 1 aliphatic heterocycles. The Hall–Kier alpha value is -0.800. The minimum absolute atomic E-state index is 0.391. The van der Waals surface area contributed by atoms with Crippen LogP contribution in [0.4, 0.5) is 0 Å². The van der Waals surface area contributed by atoms with Gasteiger partial charge in [-0.1, -0.05) is 6.92 Å². The van der Waals surface area contributed by atoms with Crippen molar-refractivity contribution in [2.45, 2.75) is 39.2 Å². The zero-order valence-corrected chi connectivity index (χ0v) is 11.7. The van der Waals surface area contributed by atoms with E-state index in [0.717, 1.165) is 18.2 Å². The number of hydrogen-bond acceptors (Lipinski definition) is 3. The van der Waals surface area contributed by atoms with Gasteiger partial charge in [-0.25, -0.2) is 0 Å². The summed E-state index contributed by atoms with van der Waals surface area (Å²) < 4.78 is 5.55. The summed E-state index contributed by atoms with van der Waals surface area (Å²) in [6, 6.07) is 4.46. The molecule has 1 saturated heterocycles. The molecule has 102 valence electrons. The average molecular weight is 250 g/mol. The van der Waals surface area contributed by atoms with Gasteiger partial charge in [-0.05, 0) is 63.9 Å². The zero-order valence-electron chi connectivity index (χ0n) is 11.7. The Morgan fingerprint density at radius 2 is 2.44 bits per heavy atom. The van der Waals surface area contributed by atoms with E-state index in [1.165, 1.54) is 38.9 Å². The minimum Gasteiger partial charge on any atom is -0.468 e. The molecule has 1 aromatic heterocycles. The van der Waals surface area contributed by atoms with E-state index in [0.29, 0.717) is 6.04 Å². The number of rotatable bonds is 6. The van der Waals surface area contributed by atoms with Crippen molar-refractivity contribution in [2.24, 2.45) is 5.92 Å². The van der Waals surface area contributed by atoms with Gasteiger partial charge in [0, 0.05) is 6.54 Å². The zero-order chi connectivity index (χ0) is 12.8. The highest BCUT2D eigenvalue weighted by molar-refractivity contribution is 5.03. The Labute approximate surface area is 111 Å². The van der Waals surface area contributed by atoms with E-state index in [1.54, 1.807) is 6.26 Å². The molecule has 0 saturated carbocycles. The Balaban J connectivity index is 1.93. The number of piperidine rings is 1. The van der Waals surface area contributed by atoms with Gasteiger partial charge in [0.05, 0.1) is 12.3 Å². The van der Waals surface area contributed by atoms with Crippen LogP contribution in [0.1, 0.15) is 44.9 Å². The smallest absolute Gasteiger partial charge is 0.120 e. The first-order valence-electron chi connectivity index (χ1n) is 7.29. The number of hydrogen-bond donors (Lipinski definition) is 1. The predicted octanol–water partition coefficient (Wildman–Crippen LogP) is 3.05. The van der Waals surface area contributed by atoms with Crippen LogP contribution in [0.2, 0.25) is 0 Å². The van der Waals surface area contributed by atoms with E-state index in [2.05, 4.69) is 30.1 Å². The van der Waals surface area contributed by atoms with Crippen LogP contribution in [-0.4, -0.2) is 31.1 Å². The fraction of sp³-hybridized carbons (Fsp3) is 0.733. The summed E-state index contributed by atoms with van der Waals surface area (Å²) in [5.74, 6) is 1.88. The van der Waals surface area contributed by atoms with Crippen LogP contribution in [0.25, 0.3) is 0 Å². The van der Waals surface area contributed by atoms with E-state index in [4.69, 9.17) is 4.42 Å². The summed E-state index contributed by atoms with van der Waals surface area (Å²) in [5, 5.41) is 3.51. The molecule has 0 amide bonds. The van der Waals surface area contributed by atoms with Gasteiger partial charge >= 0.3 is 0 Å². The third-order valence-corrected chi connectivity index (χ3v) is 3.91. The molecule has 2 rings (SSSR count). The van der Waals surface area contributed by atoms with E-state index in [1.807, 2.05) is 6.07 Å². The molecular weight excluding hydrogens is 224 g/mol. The van der Waals surface area contributed by atoms with Gasteiger partial charge in [0.15, 0.2) is 0 Å². The third-order valence-electron chi connectivity index (χ3n) is 3.91. The highest BCUT2D eigenvalue weighted by Gasteiger charge is 2.22. The maximum absolute atomic E-state index is 5.55. The normalized spacial score (nSPS) is 22.3. The molecule has 0 bridgehead atoms. The van der Waals surface area contributed by atoms with Crippen LogP contribution in [0.5, 0.6) is 0 Å². The monoisotopic (exact) mass is 250 g/mol. The second kappa shape index (κ2) is 6.95. The van der Waals surface area contributed by atoms with Crippen molar-refractivity contribution in [2.75, 3.05) is 26.2 Å². The van der Waals surface area contributed by atoms with Gasteiger partial charge in [-0.2, -0.15) is 0 Å². The summed E-state index contributed by atoms with van der Waals surface area (Å²) in [4.78, 5) is 2.57. The van der Waals surface area contributed by atoms with E-state index >= 15 is 0 Å². The lowest BCUT2D eigenvalue weighted by Crippen LogP contribution is -2.39. The third kappa shape index (κ3) is 3.59. The number of furan rings is 1. The SMILES string of the molecule is CCCN(CC1CCCNC1)C(C)c1ccco1. The lowest BCUT2D eigenvalue weighted by Gasteiger charge is -2.33. The first kappa shape index (κ1) is 13.6. The van der Waals surface area contributed by atoms with Crippen molar-refractivity contribution < 1.29 is 4.42 Å². The van der Waals surface area contributed by atoms with Crippen LogP contribution in [0, 0.1) is 5.92 Å². The molecule has 2 heterocycles. The summed E-state index contributed by atoms with van der Waals surface area (Å²) in [5.41, 5.74) is 0. The average Bonchev–Trinajstić information content (AvgIpc) is 2.92. The van der Waals surface area contributed by atoms with Gasteiger partial charge in [0.1, 0.15) is 5.76 Å². The summed E-state index contributed by atoms with van der Waals surface area (Å²) in [6.45, 7) is 9.20. The summed E-state index contributed by atoms with van der Waals surface area (Å²) >= 11 is 0. The highest BCUT2D eigenvalue weighted by Crippen LogP contribution is 2.23. The van der Waals surface area contributed by atoms with Crippen LogP contribution >= 0.6 is 0 Å². The van der Waals surface area contributed by atoms with Crippen LogP contribution < -0.4 is 5.32 Å². The van der Waals surface area contributed by atoms with Gasteiger partial charge in [0.25, 0.3) is 0 Å². The number of nitrogens with one attached hydrogen (secondary N) is 1. The minimum atomic E-state index is 0.391. The molecule has 18 heavy (non-hydrogen) atoms. The second-order valence-electron chi connectivity index (χ2n) is 5.40. The highest BCUT2D eigenvalue weighted by atomic mass is 16.3. The van der Waals surface area contributed by atoms with Crippen LogP contribution in [0.15, 0.2) is 22.8 Å². The Bertz CT molecular complexity index is 317. The first-order valence-corrected chi connectivity index (χ1v) is 7.29. The second-order valence-corrected chi connectivity index (χ2v) is 5.40.